The molecule has 0 aliphatic heterocycles. The molecule has 0 fully saturated rings. The molecule has 1 N–H and O–H groups in total. The molecule has 9 heteroatoms. The van der Waals surface area contributed by atoms with Crippen LogP contribution in [0.4, 0.5) is 18.9 Å². The lowest BCUT2D eigenvalue weighted by Crippen LogP contribution is -2.15. The Morgan fingerprint density at radius 2 is 1.83 bits per heavy atom. The summed E-state index contributed by atoms with van der Waals surface area (Å²) in [7, 11) is 2.78. The first kappa shape index (κ1) is 17.9. The Kier molecular flexibility index (Phi) is 5.18. The maximum atomic E-state index is 12.5. The number of benzene rings is 1. The highest BCUT2D eigenvalue weighted by atomic mass is 35.5. The molecule has 0 saturated carbocycles. The molecule has 5 nitrogen and oxygen atoms in total. The summed E-state index contributed by atoms with van der Waals surface area (Å²) >= 11 is 5.96. The minimum absolute atomic E-state index is 0.0426. The fraction of sp³-hybridized carbons (Fsp3) is 0.200. The number of carbonyl (C=O) groups excluding carboxylic acids is 1. The van der Waals surface area contributed by atoms with E-state index < -0.39 is 17.8 Å². The minimum Gasteiger partial charge on any atom is -0.495 e. The van der Waals surface area contributed by atoms with Crippen LogP contribution in [0.5, 0.6) is 11.5 Å². The Balaban J connectivity index is 2.26. The van der Waals surface area contributed by atoms with Crippen LogP contribution in [0.1, 0.15) is 16.1 Å². The molecule has 0 spiro atoms. The van der Waals surface area contributed by atoms with Crippen molar-refractivity contribution in [3.63, 3.8) is 0 Å². The van der Waals surface area contributed by atoms with Crippen LogP contribution in [0.15, 0.2) is 30.5 Å². The molecule has 0 atom stereocenters. The first-order chi connectivity index (χ1) is 11.3. The molecule has 0 saturated heterocycles. The third-order valence-electron chi connectivity index (χ3n) is 3.04. The van der Waals surface area contributed by atoms with Crippen molar-refractivity contribution in [2.45, 2.75) is 6.18 Å². The Morgan fingerprint density at radius 3 is 2.33 bits per heavy atom. The monoisotopic (exact) mass is 360 g/mol. The predicted molar refractivity (Wildman–Crippen MR) is 81.7 cm³/mol. The van der Waals surface area contributed by atoms with E-state index in [2.05, 4.69) is 10.3 Å². The number of hydrogen-bond acceptors (Lipinski definition) is 4. The van der Waals surface area contributed by atoms with Gasteiger partial charge in [-0.15, -0.1) is 0 Å². The number of ether oxygens (including phenoxy) is 2. The second-order valence-electron chi connectivity index (χ2n) is 4.57. The number of nitrogens with zero attached hydrogens (tertiary/aromatic N) is 1. The summed E-state index contributed by atoms with van der Waals surface area (Å²) in [4.78, 5) is 15.4. The molecule has 0 aliphatic carbocycles. The Labute approximate surface area is 140 Å². The quantitative estimate of drug-likeness (QED) is 0.894. The molecule has 1 heterocycles. The number of amides is 1. The zero-order valence-corrected chi connectivity index (χ0v) is 13.3. The lowest BCUT2D eigenvalue weighted by Gasteiger charge is -2.13. The number of methoxy groups -OCH3 is 2. The van der Waals surface area contributed by atoms with Crippen molar-refractivity contribution in [3.05, 3.63) is 46.7 Å². The van der Waals surface area contributed by atoms with Gasteiger partial charge in [-0.05, 0) is 12.1 Å². The van der Waals surface area contributed by atoms with Crippen LogP contribution in [-0.2, 0) is 6.18 Å². The number of nitrogens with one attached hydrogen (secondary N) is 1. The Hall–Kier alpha value is -2.48. The summed E-state index contributed by atoms with van der Waals surface area (Å²) in [6, 6.07) is 4.65. The van der Waals surface area contributed by atoms with E-state index in [-0.39, 0.29) is 22.0 Å². The van der Waals surface area contributed by atoms with E-state index in [9.17, 15) is 18.0 Å². The molecule has 1 amide bonds. The van der Waals surface area contributed by atoms with Gasteiger partial charge in [-0.2, -0.15) is 13.2 Å². The molecular weight excluding hydrogens is 349 g/mol. The Bertz CT molecular complexity index is 749. The molecule has 24 heavy (non-hydrogen) atoms. The van der Waals surface area contributed by atoms with Crippen LogP contribution in [0, 0.1) is 0 Å². The highest BCUT2D eigenvalue weighted by molar-refractivity contribution is 6.32. The molecule has 0 bridgehead atoms. The van der Waals surface area contributed by atoms with Crippen molar-refractivity contribution in [2.24, 2.45) is 0 Å². The summed E-state index contributed by atoms with van der Waals surface area (Å²) in [5, 5.41) is 2.80. The highest BCUT2D eigenvalue weighted by Gasteiger charge is 2.32. The van der Waals surface area contributed by atoms with Gasteiger partial charge >= 0.3 is 6.18 Å². The number of alkyl halides is 3. The van der Waals surface area contributed by atoms with Crippen molar-refractivity contribution in [1.29, 1.82) is 0 Å². The highest BCUT2D eigenvalue weighted by Crippen LogP contribution is 2.36. The topological polar surface area (TPSA) is 60.5 Å². The zero-order valence-electron chi connectivity index (χ0n) is 12.6. The average Bonchev–Trinajstić information content (AvgIpc) is 2.55. The van der Waals surface area contributed by atoms with Crippen LogP contribution < -0.4 is 14.8 Å². The number of halogens is 4. The summed E-state index contributed by atoms with van der Waals surface area (Å²) in [5.74, 6) is -0.0776. The van der Waals surface area contributed by atoms with Gasteiger partial charge in [-0.25, -0.2) is 0 Å². The number of anilines is 1. The lowest BCUT2D eigenvalue weighted by molar-refractivity contribution is -0.141. The number of aromatic nitrogens is 1. The second-order valence-corrected chi connectivity index (χ2v) is 4.98. The van der Waals surface area contributed by atoms with Crippen LogP contribution in [0.2, 0.25) is 5.02 Å². The van der Waals surface area contributed by atoms with Crippen LogP contribution in [0.25, 0.3) is 0 Å². The molecule has 0 radical (unpaired) electrons. The standard InChI is InChI=1S/C15H12ClF3N2O3/c1-23-11-6-10(12(24-2)5-9(11)16)21-14(22)8-3-4-13(20-7-8)15(17,18)19/h3-7H,1-2H3,(H,21,22). The number of rotatable bonds is 4. The van der Waals surface area contributed by atoms with Gasteiger partial charge in [0.15, 0.2) is 0 Å². The lowest BCUT2D eigenvalue weighted by atomic mass is 10.2. The third kappa shape index (κ3) is 3.88. The molecule has 0 aliphatic rings. The van der Waals surface area contributed by atoms with Gasteiger partial charge in [-0.1, -0.05) is 11.6 Å². The summed E-state index contributed by atoms with van der Waals surface area (Å²) < 4.78 is 47.6. The molecule has 1 aromatic carbocycles. The van der Waals surface area contributed by atoms with Crippen molar-refractivity contribution < 1.29 is 27.4 Å². The molecule has 128 valence electrons. The van der Waals surface area contributed by atoms with E-state index in [0.717, 1.165) is 18.3 Å². The number of pyridine rings is 1. The summed E-state index contributed by atoms with van der Waals surface area (Å²) in [5.41, 5.74) is -0.868. The van der Waals surface area contributed by atoms with Gasteiger partial charge in [0.2, 0.25) is 0 Å². The van der Waals surface area contributed by atoms with Crippen molar-refractivity contribution in [3.8, 4) is 11.5 Å². The van der Waals surface area contributed by atoms with E-state index >= 15 is 0 Å². The molecule has 0 unspecified atom stereocenters. The van der Waals surface area contributed by atoms with E-state index in [1.165, 1.54) is 26.4 Å². The minimum atomic E-state index is -4.57. The molecule has 2 aromatic rings. The SMILES string of the molecule is COc1cc(NC(=O)c2ccc(C(F)(F)F)nc2)c(OC)cc1Cl. The van der Waals surface area contributed by atoms with Crippen LogP contribution in [0.3, 0.4) is 0 Å². The third-order valence-corrected chi connectivity index (χ3v) is 3.33. The fourth-order valence-corrected chi connectivity index (χ4v) is 2.08. The molecule has 2 rings (SSSR count). The number of hydrogen-bond donors (Lipinski definition) is 1. The fourth-order valence-electron chi connectivity index (χ4n) is 1.85. The van der Waals surface area contributed by atoms with Crippen LogP contribution >= 0.6 is 11.6 Å². The van der Waals surface area contributed by atoms with Gasteiger partial charge in [-0.3, -0.25) is 9.78 Å². The van der Waals surface area contributed by atoms with E-state index in [4.69, 9.17) is 21.1 Å². The molecule has 1 aromatic heterocycles. The smallest absolute Gasteiger partial charge is 0.433 e. The first-order valence-corrected chi connectivity index (χ1v) is 6.90. The van der Waals surface area contributed by atoms with E-state index in [0.29, 0.717) is 5.75 Å². The van der Waals surface area contributed by atoms with Crippen LogP contribution in [-0.4, -0.2) is 25.1 Å². The number of carbonyl (C=O) groups is 1. The largest absolute Gasteiger partial charge is 0.495 e. The average molecular weight is 361 g/mol. The predicted octanol–water partition coefficient (Wildman–Crippen LogP) is 4.02. The second kappa shape index (κ2) is 6.96. The van der Waals surface area contributed by atoms with Gasteiger partial charge < -0.3 is 14.8 Å². The summed E-state index contributed by atoms with van der Waals surface area (Å²) in [6.45, 7) is 0. The van der Waals surface area contributed by atoms with Gasteiger partial charge in [0, 0.05) is 18.3 Å². The maximum absolute atomic E-state index is 12.5. The van der Waals surface area contributed by atoms with Gasteiger partial charge in [0.25, 0.3) is 5.91 Å². The Morgan fingerprint density at radius 1 is 1.17 bits per heavy atom. The van der Waals surface area contributed by atoms with Gasteiger partial charge in [0.1, 0.15) is 17.2 Å². The van der Waals surface area contributed by atoms with Crippen molar-refractivity contribution >= 4 is 23.2 Å². The van der Waals surface area contributed by atoms with Gasteiger partial charge in [0.05, 0.1) is 30.5 Å². The van der Waals surface area contributed by atoms with Crippen molar-refractivity contribution in [2.75, 3.05) is 19.5 Å². The normalized spacial score (nSPS) is 11.1. The van der Waals surface area contributed by atoms with Crippen molar-refractivity contribution in [1.82, 2.24) is 4.98 Å². The zero-order chi connectivity index (χ0) is 17.9. The first-order valence-electron chi connectivity index (χ1n) is 6.52. The summed E-state index contributed by atoms with van der Waals surface area (Å²) in [6.07, 6.45) is -3.72. The molecular formula is C15H12ClF3N2O3. The van der Waals surface area contributed by atoms with E-state index in [1.54, 1.807) is 0 Å². The van der Waals surface area contributed by atoms with E-state index in [1.807, 2.05) is 0 Å². The maximum Gasteiger partial charge on any atom is 0.433 e.